The van der Waals surface area contributed by atoms with E-state index in [4.69, 9.17) is 50.5 Å². The largest absolute Gasteiger partial charge is 0.495 e. The van der Waals surface area contributed by atoms with Crippen molar-refractivity contribution in [2.75, 3.05) is 51.7 Å². The zero-order valence-corrected chi connectivity index (χ0v) is 50.1. The van der Waals surface area contributed by atoms with Crippen LogP contribution in [0, 0.1) is 23.7 Å². The molecule has 0 spiro atoms. The zero-order valence-electron chi connectivity index (χ0n) is 49.3. The molecule has 1 saturated carbocycles. The van der Waals surface area contributed by atoms with Crippen LogP contribution < -0.4 is 36.1 Å². The number of epoxide rings is 1. The maximum atomic E-state index is 14.5. The molecule has 22 heteroatoms. The molecule has 4 aliphatic rings. The topological polar surface area (TPSA) is 290 Å². The van der Waals surface area contributed by atoms with Gasteiger partial charge in [-0.15, -0.1) is 0 Å². The number of hydrogen-bond donors (Lipinski definition) is 5. The summed E-state index contributed by atoms with van der Waals surface area (Å²) in [5, 5.41) is 20.3. The van der Waals surface area contributed by atoms with Crippen LogP contribution in [0.15, 0.2) is 54.1 Å². The molecule has 21 nitrogen and oxygen atoms in total. The summed E-state index contributed by atoms with van der Waals surface area (Å²) in [6.07, 6.45) is 5.43. The Balaban J connectivity index is 1.17. The second-order valence-corrected chi connectivity index (χ2v) is 23.4. The highest BCUT2D eigenvalue weighted by Crippen LogP contribution is 2.50. The van der Waals surface area contributed by atoms with Gasteiger partial charge in [0, 0.05) is 58.2 Å². The number of unbranched alkanes of at least 4 members (excludes halogenated alkanes) is 2. The van der Waals surface area contributed by atoms with E-state index in [2.05, 4.69) is 16.0 Å². The second-order valence-electron chi connectivity index (χ2n) is 23.0. The lowest BCUT2D eigenvalue weighted by molar-refractivity contribution is -0.187. The van der Waals surface area contributed by atoms with Crippen LogP contribution in [0.25, 0.3) is 0 Å². The van der Waals surface area contributed by atoms with E-state index < -0.39 is 89.8 Å². The fourth-order valence-corrected chi connectivity index (χ4v) is 11.3. The maximum absolute atomic E-state index is 14.5. The number of ether oxygens (including phenoxy) is 7. The molecular formula is C61H84ClN5O16. The number of allylic oxidation sites excluding steroid dienone is 3. The number of nitrogens with one attached hydrogen (secondary N) is 3. The molecule has 83 heavy (non-hydrogen) atoms. The Morgan fingerprint density at radius 2 is 1.72 bits per heavy atom. The van der Waals surface area contributed by atoms with Gasteiger partial charge in [-0.1, -0.05) is 68.7 Å². The van der Waals surface area contributed by atoms with E-state index in [-0.39, 0.29) is 90.9 Å². The minimum atomic E-state index is -1.65. The van der Waals surface area contributed by atoms with Crippen molar-refractivity contribution in [2.24, 2.45) is 29.4 Å². The van der Waals surface area contributed by atoms with E-state index in [1.807, 2.05) is 26.8 Å². The number of primary amides is 1. The van der Waals surface area contributed by atoms with Gasteiger partial charge in [0.25, 0.3) is 0 Å². The molecule has 2 aromatic carbocycles. The molecule has 1 aliphatic carbocycles. The Morgan fingerprint density at radius 3 is 2.39 bits per heavy atom. The number of aliphatic hydroxyl groups is 1. The number of esters is 2. The van der Waals surface area contributed by atoms with Gasteiger partial charge in [-0.25, -0.2) is 9.59 Å². The molecule has 4 bridgehead atoms. The number of anilines is 2. The highest BCUT2D eigenvalue weighted by Gasteiger charge is 2.64. The molecule has 456 valence electrons. The van der Waals surface area contributed by atoms with Gasteiger partial charge in [-0.05, 0) is 107 Å². The first-order chi connectivity index (χ1) is 39.4. The summed E-state index contributed by atoms with van der Waals surface area (Å²) in [7, 11) is 5.84. The second kappa shape index (κ2) is 29.8. The van der Waals surface area contributed by atoms with Gasteiger partial charge in [-0.2, -0.15) is 0 Å². The molecular weight excluding hydrogens is 1090 g/mol. The molecule has 6 rings (SSSR count). The van der Waals surface area contributed by atoms with Crippen molar-refractivity contribution < 1.29 is 76.6 Å². The van der Waals surface area contributed by atoms with E-state index >= 15 is 0 Å². The lowest BCUT2D eigenvalue weighted by Gasteiger charge is -2.41. The number of carbonyl (C=O) groups excluding carboxylic acids is 8. The standard InChI is InChI=1S/C61H84ClN5O16/c1-35(2)42(31-41(68)19-11-10-12-25-80-57(73)40-17-14-18-40)56(72)65-43(20-15-24-64-58(63)74)46(69)28-38-22-23-44(47(29-38)77-7)66-59(75)82-51-32-52(70)67(6)45-27-39(30-48(78-8)54(45)62)26-36(3)16-13-21-50(79-9)61(76)33-49(81-53(71)34-61)37(4)55-60(51,5)83-55/h13,16,21-23,27,29-30,35,37,40,42-43,49-51,55,76H,10-12,14-15,17-20,24-26,28,31-34H2,1-9H3,(H,65,72)(H,66,75)(H3,63,64,74)/b21-13+,36-16+/t37-,42+,43+,49+,50-,51+,55+,60+,61-/m1/s1. The number of carbonyl (C=O) groups is 8. The number of nitrogens with zero attached hydrogens (tertiary/aromatic N) is 1. The summed E-state index contributed by atoms with van der Waals surface area (Å²) in [4.78, 5) is 108. The molecule has 6 N–H and O–H groups in total. The van der Waals surface area contributed by atoms with E-state index in [9.17, 15) is 43.5 Å². The first-order valence-corrected chi connectivity index (χ1v) is 29.1. The summed E-state index contributed by atoms with van der Waals surface area (Å²) in [5.41, 5.74) is 4.94. The third-order valence-corrected chi connectivity index (χ3v) is 16.8. The van der Waals surface area contributed by atoms with Gasteiger partial charge in [0.1, 0.15) is 51.8 Å². The van der Waals surface area contributed by atoms with Crippen LogP contribution in [0.3, 0.4) is 0 Å². The molecule has 5 amide bonds. The smallest absolute Gasteiger partial charge is 0.412 e. The zero-order chi connectivity index (χ0) is 60.8. The fourth-order valence-electron chi connectivity index (χ4n) is 11.0. The minimum absolute atomic E-state index is 0.00426. The summed E-state index contributed by atoms with van der Waals surface area (Å²) in [6.45, 7) is 9.51. The van der Waals surface area contributed by atoms with Crippen LogP contribution in [0.4, 0.5) is 21.0 Å². The molecule has 2 aromatic rings. The highest BCUT2D eigenvalue weighted by molar-refractivity contribution is 6.35. The lowest BCUT2D eigenvalue weighted by atomic mass is 9.78. The number of benzene rings is 2. The Hall–Kier alpha value is -6.55. The molecule has 9 atom stereocenters. The van der Waals surface area contributed by atoms with Gasteiger partial charge in [0.15, 0.2) is 5.78 Å². The quantitative estimate of drug-likeness (QED) is 0.0290. The van der Waals surface area contributed by atoms with Gasteiger partial charge in [-0.3, -0.25) is 34.1 Å². The number of amides is 5. The third kappa shape index (κ3) is 17.7. The third-order valence-electron chi connectivity index (χ3n) is 16.4. The number of ketones is 2. The Bertz CT molecular complexity index is 2750. The molecule has 2 saturated heterocycles. The van der Waals surface area contributed by atoms with Crippen molar-refractivity contribution in [3.63, 3.8) is 0 Å². The molecule has 3 fully saturated rings. The van der Waals surface area contributed by atoms with E-state index in [0.29, 0.717) is 55.7 Å². The first-order valence-electron chi connectivity index (χ1n) is 28.7. The van der Waals surface area contributed by atoms with Gasteiger partial charge in [0.05, 0.1) is 63.1 Å². The van der Waals surface area contributed by atoms with Crippen LogP contribution >= 0.6 is 11.6 Å². The van der Waals surface area contributed by atoms with Crippen molar-refractivity contribution in [1.29, 1.82) is 0 Å². The predicted molar refractivity (Wildman–Crippen MR) is 309 cm³/mol. The lowest BCUT2D eigenvalue weighted by Crippen LogP contribution is -2.53. The molecule has 0 radical (unpaired) electrons. The number of hydrogen-bond acceptors (Lipinski definition) is 16. The monoisotopic (exact) mass is 1180 g/mol. The van der Waals surface area contributed by atoms with E-state index in [1.165, 1.54) is 32.3 Å². The number of rotatable bonds is 24. The van der Waals surface area contributed by atoms with Crippen LogP contribution in [0.1, 0.15) is 129 Å². The number of halogens is 1. The summed E-state index contributed by atoms with van der Waals surface area (Å²) < 4.78 is 40.8. The van der Waals surface area contributed by atoms with Crippen LogP contribution in [0.5, 0.6) is 11.5 Å². The van der Waals surface area contributed by atoms with Gasteiger partial charge < -0.3 is 59.5 Å². The van der Waals surface area contributed by atoms with Crippen LogP contribution in [0.2, 0.25) is 5.02 Å². The number of nitrogens with two attached hydrogens (primary N) is 1. The summed E-state index contributed by atoms with van der Waals surface area (Å²) in [5.74, 6) is -3.27. The van der Waals surface area contributed by atoms with E-state index in [1.54, 1.807) is 57.3 Å². The number of fused-ring (bicyclic) bond motifs is 5. The van der Waals surface area contributed by atoms with Crippen LogP contribution in [-0.4, -0.2) is 136 Å². The van der Waals surface area contributed by atoms with Crippen molar-refractivity contribution in [1.82, 2.24) is 10.6 Å². The van der Waals surface area contributed by atoms with Gasteiger partial charge >= 0.3 is 24.1 Å². The average Bonchev–Trinajstić information content (AvgIpc) is 3.65. The molecule has 3 aliphatic heterocycles. The van der Waals surface area contributed by atoms with Crippen molar-refractivity contribution in [3.8, 4) is 11.5 Å². The number of methoxy groups -OCH3 is 3. The van der Waals surface area contributed by atoms with Crippen molar-refractivity contribution >= 4 is 70.4 Å². The summed E-state index contributed by atoms with van der Waals surface area (Å²) >= 11 is 6.86. The van der Waals surface area contributed by atoms with E-state index in [0.717, 1.165) is 30.4 Å². The first kappa shape index (κ1) is 65.6. The SMILES string of the molecule is COc1cc(CC(=O)[C@H](CCCNC(N)=O)NC(=O)[C@@H](CC(=O)CCCCCOC(=O)C2CCC2)C(C)C)ccc1NC(=O)O[C@H]1CC(=O)N(C)c2cc(cc(OC)c2Cl)C/C(C)=C/C=C/[C@@H](OC)[C@]2(O)CC(=O)O[C@@H](C2)[C@@H](C)[C@@H]2O[C@@]12C. The average molecular weight is 1180 g/mol. The van der Waals surface area contributed by atoms with Crippen molar-refractivity contribution in [2.45, 2.75) is 173 Å². The summed E-state index contributed by atoms with van der Waals surface area (Å²) in [6, 6.07) is 6.45. The predicted octanol–water partition coefficient (Wildman–Crippen LogP) is 7.81. The Kier molecular flexibility index (Phi) is 23.6. The van der Waals surface area contributed by atoms with Crippen LogP contribution in [-0.2, 0) is 65.3 Å². The fraction of sp³-hybridized carbons (Fsp3) is 0.607. The normalized spacial score (nSPS) is 25.4. The minimum Gasteiger partial charge on any atom is -0.495 e. The Morgan fingerprint density at radius 1 is 0.988 bits per heavy atom. The molecule has 3 heterocycles. The molecule has 0 aromatic heterocycles. The van der Waals surface area contributed by atoms with Gasteiger partial charge in [0.2, 0.25) is 11.8 Å². The molecule has 0 unspecified atom stereocenters. The highest BCUT2D eigenvalue weighted by atomic mass is 35.5. The Labute approximate surface area is 491 Å². The number of Topliss-reactive ketones (excluding diaryl/α,β-unsaturated/α-hetero) is 2. The maximum Gasteiger partial charge on any atom is 0.412 e. The van der Waals surface area contributed by atoms with Crippen molar-refractivity contribution in [3.05, 3.63) is 70.3 Å². The number of urea groups is 1.